The molecule has 0 aliphatic carbocycles. The van der Waals surface area contributed by atoms with Crippen LogP contribution in [0.3, 0.4) is 0 Å². The molecule has 2 heterocycles. The summed E-state index contributed by atoms with van der Waals surface area (Å²) < 4.78 is 56.9. The maximum atomic E-state index is 13.6. The van der Waals surface area contributed by atoms with Crippen LogP contribution in [0.25, 0.3) is 0 Å². The van der Waals surface area contributed by atoms with Gasteiger partial charge in [0.15, 0.2) is 11.0 Å². The monoisotopic (exact) mass is 717 g/mol. The summed E-state index contributed by atoms with van der Waals surface area (Å²) in [5.74, 6) is 0. The van der Waals surface area contributed by atoms with Gasteiger partial charge in [0.2, 0.25) is 0 Å². The van der Waals surface area contributed by atoms with Crippen LogP contribution in [0, 0.1) is 0 Å². The largest absolute Gasteiger partial charge is 0.453 e. The Hall–Kier alpha value is -1.34. The van der Waals surface area contributed by atoms with Crippen molar-refractivity contribution in [2.75, 3.05) is 40.5 Å². The van der Waals surface area contributed by atoms with Crippen LogP contribution in [-0.4, -0.2) is 74.1 Å². The fourth-order valence-corrected chi connectivity index (χ4v) is 10.8. The second-order valence-corrected chi connectivity index (χ2v) is 17.3. The van der Waals surface area contributed by atoms with E-state index in [2.05, 4.69) is 11.3 Å². The molecule has 1 aliphatic rings. The third-order valence-electron chi connectivity index (χ3n) is 8.95. The first-order valence-electron chi connectivity index (χ1n) is 18.1. The number of unbranched alkanes of at least 4 members (excludes halogenated alkanes) is 16. The zero-order valence-corrected chi connectivity index (χ0v) is 32.4. The molecule has 1 amide bonds. The number of carbonyl (C=O) groups is 1. The van der Waals surface area contributed by atoms with E-state index in [1.54, 1.807) is 13.2 Å². The molecule has 0 spiro atoms. The molecule has 1 aromatic heterocycles. The lowest BCUT2D eigenvalue weighted by Crippen LogP contribution is -2.47. The summed E-state index contributed by atoms with van der Waals surface area (Å²) in [5.41, 5.74) is 1.29. The van der Waals surface area contributed by atoms with E-state index in [0.717, 1.165) is 36.3 Å². The van der Waals surface area contributed by atoms with Gasteiger partial charge in [0.1, 0.15) is 8.42 Å². The molecular weight excluding hydrogens is 655 g/mol. The van der Waals surface area contributed by atoms with Crippen LogP contribution < -0.4 is 0 Å². The molecule has 0 aromatic carbocycles. The molecule has 0 saturated heterocycles. The predicted octanol–water partition coefficient (Wildman–Crippen LogP) is 9.44. The first-order valence-corrected chi connectivity index (χ1v) is 21.5. The van der Waals surface area contributed by atoms with Crippen molar-refractivity contribution in [3.8, 4) is 0 Å². The molecular formula is C35H63N3O6S3. The number of ether oxygens (including phenoxy) is 2. The van der Waals surface area contributed by atoms with Crippen molar-refractivity contribution in [1.29, 1.82) is 0 Å². The number of methoxy groups -OCH3 is 2. The Kier molecular flexibility index (Phi) is 21.3. The first kappa shape index (κ1) is 41.8. The molecule has 0 radical (unpaired) electrons. The lowest BCUT2D eigenvalue weighted by molar-refractivity contribution is 0.0981. The normalized spacial score (nSPS) is 17.0. The van der Waals surface area contributed by atoms with Gasteiger partial charge in [0.05, 0.1) is 13.2 Å². The minimum Gasteiger partial charge on any atom is -0.453 e. The highest BCUT2D eigenvalue weighted by Gasteiger charge is 2.42. The summed E-state index contributed by atoms with van der Waals surface area (Å²) >= 11 is 0.990. The van der Waals surface area contributed by atoms with Crippen LogP contribution in [0.5, 0.6) is 0 Å². The van der Waals surface area contributed by atoms with Gasteiger partial charge in [0, 0.05) is 44.6 Å². The van der Waals surface area contributed by atoms with Crippen molar-refractivity contribution in [2.24, 2.45) is 4.40 Å². The molecule has 47 heavy (non-hydrogen) atoms. The Morgan fingerprint density at radius 1 is 0.915 bits per heavy atom. The van der Waals surface area contributed by atoms with Gasteiger partial charge in [-0.05, 0) is 39.2 Å². The van der Waals surface area contributed by atoms with Gasteiger partial charge >= 0.3 is 6.09 Å². The Morgan fingerprint density at radius 3 is 1.94 bits per heavy atom. The molecule has 0 bridgehead atoms. The number of hydrogen-bond acceptors (Lipinski definition) is 7. The summed E-state index contributed by atoms with van der Waals surface area (Å²) in [7, 11) is -2.65. The summed E-state index contributed by atoms with van der Waals surface area (Å²) in [6.07, 6.45) is 23.3. The topological polar surface area (TPSA) is 106 Å². The van der Waals surface area contributed by atoms with E-state index in [1.165, 1.54) is 113 Å². The summed E-state index contributed by atoms with van der Waals surface area (Å²) in [5, 5.41) is 0. The number of thiophene rings is 1. The van der Waals surface area contributed by atoms with Crippen LogP contribution >= 0.6 is 11.3 Å². The smallest absolute Gasteiger partial charge is 0.410 e. The van der Waals surface area contributed by atoms with Crippen molar-refractivity contribution < 1.29 is 26.9 Å². The molecule has 2 atom stereocenters. The summed E-state index contributed by atoms with van der Waals surface area (Å²) in [6.45, 7) is 7.12. The molecule has 2 rings (SSSR count). The summed E-state index contributed by atoms with van der Waals surface area (Å²) in [6, 6.07) is 1.11. The second kappa shape index (κ2) is 23.9. The number of hydrogen-bond donors (Lipinski definition) is 0. The number of rotatable bonds is 26. The highest BCUT2D eigenvalue weighted by molar-refractivity contribution is 7.92. The molecule has 0 N–H and O–H groups in total. The van der Waals surface area contributed by atoms with Gasteiger partial charge in [-0.1, -0.05) is 110 Å². The fourth-order valence-electron chi connectivity index (χ4n) is 6.19. The van der Waals surface area contributed by atoms with Crippen molar-refractivity contribution in [2.45, 2.75) is 157 Å². The number of likely N-dealkylation sites (N-methyl/N-ethyl adjacent to an activating group) is 1. The SMILES string of the molecule is CCCCCCCCCCCCCCCCCCCC(C)=NS(=O)c1cc2c(s1)S(=O)(=O)N(CCCOC)C[C@@H]2N(CC)C(=O)OC. The fraction of sp³-hybridized carbons (Fsp3) is 0.829. The van der Waals surface area contributed by atoms with E-state index in [1.807, 2.05) is 13.8 Å². The van der Waals surface area contributed by atoms with Crippen molar-refractivity contribution in [3.05, 3.63) is 11.6 Å². The van der Waals surface area contributed by atoms with Crippen molar-refractivity contribution >= 4 is 44.2 Å². The zero-order valence-electron chi connectivity index (χ0n) is 29.9. The predicted molar refractivity (Wildman–Crippen MR) is 195 cm³/mol. The third-order valence-corrected chi connectivity index (χ3v) is 13.9. The van der Waals surface area contributed by atoms with E-state index in [9.17, 15) is 17.4 Å². The molecule has 1 unspecified atom stereocenters. The number of carbonyl (C=O) groups excluding carboxylic acids is 1. The Bertz CT molecular complexity index is 1190. The third kappa shape index (κ3) is 14.6. The van der Waals surface area contributed by atoms with E-state index >= 15 is 0 Å². The molecule has 9 nitrogen and oxygen atoms in total. The average Bonchev–Trinajstić information content (AvgIpc) is 3.52. The van der Waals surface area contributed by atoms with E-state index < -0.39 is 33.1 Å². The van der Waals surface area contributed by atoms with Crippen LogP contribution in [0.15, 0.2) is 18.9 Å². The minimum absolute atomic E-state index is 0.104. The van der Waals surface area contributed by atoms with E-state index in [-0.39, 0.29) is 17.3 Å². The molecule has 1 aromatic rings. The molecule has 1 aliphatic heterocycles. The van der Waals surface area contributed by atoms with Crippen LogP contribution in [-0.2, 0) is 30.5 Å². The molecule has 0 saturated carbocycles. The van der Waals surface area contributed by atoms with Gasteiger partial charge in [-0.15, -0.1) is 11.3 Å². The number of nitrogens with zero attached hydrogens (tertiary/aromatic N) is 3. The van der Waals surface area contributed by atoms with E-state index in [0.29, 0.717) is 29.3 Å². The average molecular weight is 718 g/mol. The molecule has 0 fully saturated rings. The Morgan fingerprint density at radius 2 is 1.45 bits per heavy atom. The summed E-state index contributed by atoms with van der Waals surface area (Å²) in [4.78, 5) is 14.1. The molecule has 12 heteroatoms. The zero-order chi connectivity index (χ0) is 34.5. The maximum Gasteiger partial charge on any atom is 0.410 e. The molecule has 272 valence electrons. The standard InChI is InChI=1S/C35H63N3O6S3/c1-6-8-9-10-11-12-13-14-15-16-17-18-19-20-21-22-23-25-30(3)36-46(40)33-28-31-32(38(7-2)35(39)44-5)29-37(26-24-27-43-4)47(41,42)34(31)45-33/h28,32H,6-27,29H2,1-5H3/t32-,46?/m0/s1. The minimum atomic E-state index is -3.82. The number of amides is 1. The van der Waals surface area contributed by atoms with Crippen LogP contribution in [0.1, 0.15) is 154 Å². The number of sulfonamides is 1. The highest BCUT2D eigenvalue weighted by atomic mass is 32.3. The van der Waals surface area contributed by atoms with Gasteiger partial charge in [0.25, 0.3) is 10.0 Å². The second-order valence-electron chi connectivity index (χ2n) is 12.8. The van der Waals surface area contributed by atoms with Gasteiger partial charge in [-0.2, -0.15) is 8.70 Å². The van der Waals surface area contributed by atoms with E-state index in [4.69, 9.17) is 9.47 Å². The van der Waals surface area contributed by atoms with Gasteiger partial charge in [-0.25, -0.2) is 17.4 Å². The van der Waals surface area contributed by atoms with Crippen LogP contribution in [0.4, 0.5) is 4.79 Å². The van der Waals surface area contributed by atoms with Gasteiger partial charge < -0.3 is 14.4 Å². The maximum absolute atomic E-state index is 13.6. The number of fused-ring (bicyclic) bond motifs is 1. The first-order chi connectivity index (χ1) is 22.7. The van der Waals surface area contributed by atoms with Crippen LogP contribution in [0.2, 0.25) is 0 Å². The van der Waals surface area contributed by atoms with Crippen molar-refractivity contribution in [1.82, 2.24) is 9.21 Å². The van der Waals surface area contributed by atoms with Crippen molar-refractivity contribution in [3.63, 3.8) is 0 Å². The Balaban J connectivity index is 1.79. The highest BCUT2D eigenvalue weighted by Crippen LogP contribution is 2.42. The quantitative estimate of drug-likeness (QED) is 0.0699. The van der Waals surface area contributed by atoms with Gasteiger partial charge in [-0.3, -0.25) is 0 Å². The lowest BCUT2D eigenvalue weighted by Gasteiger charge is -2.37. The lowest BCUT2D eigenvalue weighted by atomic mass is 10.0. The Labute approximate surface area is 292 Å².